The first-order valence-corrected chi connectivity index (χ1v) is 15.0. The number of hydrogen-bond acceptors (Lipinski definition) is 11. The Hall–Kier alpha value is -2.87. The van der Waals surface area contributed by atoms with Gasteiger partial charge >= 0.3 is 0 Å². The molecule has 2 aromatic heterocycles. The molecule has 0 unspecified atom stereocenters. The van der Waals surface area contributed by atoms with Crippen LogP contribution in [-0.4, -0.2) is 105 Å². The lowest BCUT2D eigenvalue weighted by Crippen LogP contribution is -2.48. The third-order valence-corrected chi connectivity index (χ3v) is 8.91. The summed E-state index contributed by atoms with van der Waals surface area (Å²) in [6.07, 6.45) is 0. The van der Waals surface area contributed by atoms with E-state index in [0.717, 1.165) is 55.7 Å². The molecular weight excluding hydrogens is 524 g/mol. The lowest BCUT2D eigenvalue weighted by Gasteiger charge is -2.36. The Morgan fingerprint density at radius 1 is 1.13 bits per heavy atom. The Bertz CT molecular complexity index is 1320. The van der Waals surface area contributed by atoms with Crippen LogP contribution in [0, 0.1) is 6.92 Å². The number of ether oxygens (including phenoxy) is 1. The summed E-state index contributed by atoms with van der Waals surface area (Å²) in [6, 6.07) is 8.72. The van der Waals surface area contributed by atoms with E-state index in [2.05, 4.69) is 44.3 Å². The number of anilines is 3. The van der Waals surface area contributed by atoms with Gasteiger partial charge in [-0.25, -0.2) is 18.4 Å². The topological polar surface area (TPSA) is 120 Å². The Kier molecular flexibility index (Phi) is 9.13. The van der Waals surface area contributed by atoms with E-state index in [1.165, 1.54) is 11.8 Å². The van der Waals surface area contributed by atoms with E-state index >= 15 is 0 Å². The minimum Gasteiger partial charge on any atom is -0.490 e. The van der Waals surface area contributed by atoms with Crippen molar-refractivity contribution in [2.24, 2.45) is 0 Å². The molecule has 1 aromatic carbocycles. The molecule has 1 aliphatic rings. The van der Waals surface area contributed by atoms with Crippen molar-refractivity contribution < 1.29 is 13.2 Å². The summed E-state index contributed by atoms with van der Waals surface area (Å²) in [5.74, 6) is 2.49. The number of likely N-dealkylation sites (N-methyl/N-ethyl adjacent to an activating group) is 1. The van der Waals surface area contributed by atoms with Gasteiger partial charge in [0.2, 0.25) is 5.75 Å². The third-order valence-electron chi connectivity index (χ3n) is 6.29. The highest BCUT2D eigenvalue weighted by Crippen LogP contribution is 2.38. The van der Waals surface area contributed by atoms with Crippen LogP contribution >= 0.6 is 11.8 Å². The maximum atomic E-state index is 12.2. The molecule has 1 saturated heterocycles. The fourth-order valence-electron chi connectivity index (χ4n) is 4.07. The van der Waals surface area contributed by atoms with Crippen LogP contribution in [0.2, 0.25) is 0 Å². The van der Waals surface area contributed by atoms with E-state index in [1.807, 2.05) is 13.0 Å². The van der Waals surface area contributed by atoms with Gasteiger partial charge in [-0.2, -0.15) is 5.10 Å². The summed E-state index contributed by atoms with van der Waals surface area (Å²) in [5, 5.41) is 11.0. The number of aromatic amines is 1. The third kappa shape index (κ3) is 6.95. The number of H-pyrrole nitrogens is 1. The smallest absolute Gasteiger partial charge is 0.204 e. The van der Waals surface area contributed by atoms with Crippen molar-refractivity contribution in [1.29, 1.82) is 0 Å². The predicted octanol–water partition coefficient (Wildman–Crippen LogP) is 2.89. The van der Waals surface area contributed by atoms with Gasteiger partial charge < -0.3 is 19.9 Å². The Morgan fingerprint density at radius 3 is 2.42 bits per heavy atom. The molecule has 3 aromatic rings. The summed E-state index contributed by atoms with van der Waals surface area (Å²) < 4.78 is 30.2. The van der Waals surface area contributed by atoms with Crippen molar-refractivity contribution in [3.63, 3.8) is 0 Å². The van der Waals surface area contributed by atoms with Gasteiger partial charge in [0.05, 0.1) is 17.8 Å². The average molecular weight is 561 g/mol. The fraction of sp³-hybridized carbons (Fsp3) is 0.480. The second-order valence-corrected chi connectivity index (χ2v) is 12.7. The van der Waals surface area contributed by atoms with Crippen LogP contribution in [0.5, 0.6) is 5.75 Å². The molecule has 3 heterocycles. The van der Waals surface area contributed by atoms with Crippen LogP contribution in [-0.2, 0) is 9.84 Å². The molecule has 0 bridgehead atoms. The molecule has 2 N–H and O–H groups in total. The maximum absolute atomic E-state index is 12.2. The Morgan fingerprint density at radius 2 is 1.84 bits per heavy atom. The number of nitrogens with one attached hydrogen (secondary N) is 2. The minimum absolute atomic E-state index is 0.0640. The quantitative estimate of drug-likeness (QED) is 0.337. The van der Waals surface area contributed by atoms with Crippen molar-refractivity contribution in [2.45, 2.75) is 28.8 Å². The summed E-state index contributed by atoms with van der Waals surface area (Å²) in [7, 11) is 2.54. The van der Waals surface area contributed by atoms with Crippen molar-refractivity contribution in [2.75, 3.05) is 76.4 Å². The molecule has 0 atom stereocenters. The molecule has 38 heavy (non-hydrogen) atoms. The van der Waals surface area contributed by atoms with Crippen LogP contribution in [0.1, 0.15) is 12.6 Å². The summed E-state index contributed by atoms with van der Waals surface area (Å²) in [6.45, 7) is 9.11. The molecule has 11 nitrogen and oxygen atoms in total. The minimum atomic E-state index is -3.26. The fourth-order valence-corrected chi connectivity index (χ4v) is 5.70. The zero-order chi connectivity index (χ0) is 27.3. The van der Waals surface area contributed by atoms with Crippen molar-refractivity contribution in [3.05, 3.63) is 36.0 Å². The largest absolute Gasteiger partial charge is 0.490 e. The zero-order valence-electron chi connectivity index (χ0n) is 22.6. The molecule has 0 spiro atoms. The number of sulfone groups is 1. The van der Waals surface area contributed by atoms with Crippen LogP contribution in [0.3, 0.4) is 0 Å². The second-order valence-electron chi connectivity index (χ2n) is 9.38. The summed E-state index contributed by atoms with van der Waals surface area (Å²) in [5.41, 5.74) is 0.923. The van der Waals surface area contributed by atoms with Gasteiger partial charge in [0.15, 0.2) is 32.4 Å². The van der Waals surface area contributed by atoms with E-state index in [4.69, 9.17) is 14.7 Å². The summed E-state index contributed by atoms with van der Waals surface area (Å²) >= 11 is 1.37. The van der Waals surface area contributed by atoms with E-state index < -0.39 is 9.84 Å². The SMILES string of the molecule is CCS(=O)(=O)c1ccc(Sc2nc(Nc3cc(C)[nH]n3)c(OC)c(N3CCN(CCN(C)C)CC3)n2)cc1. The van der Waals surface area contributed by atoms with Crippen molar-refractivity contribution >= 4 is 39.1 Å². The van der Waals surface area contributed by atoms with Gasteiger partial charge in [0, 0.05) is 55.9 Å². The highest BCUT2D eigenvalue weighted by molar-refractivity contribution is 7.99. The number of methoxy groups -OCH3 is 1. The molecule has 4 rings (SSSR count). The molecule has 1 aliphatic heterocycles. The first-order chi connectivity index (χ1) is 18.2. The van der Waals surface area contributed by atoms with Gasteiger partial charge in [0.1, 0.15) is 0 Å². The molecule has 13 heteroatoms. The molecule has 206 valence electrons. The first kappa shape index (κ1) is 28.1. The number of aromatic nitrogens is 4. The molecule has 1 fully saturated rings. The number of piperazine rings is 1. The zero-order valence-corrected chi connectivity index (χ0v) is 24.2. The van der Waals surface area contributed by atoms with Crippen molar-refractivity contribution in [3.8, 4) is 5.75 Å². The summed E-state index contributed by atoms with van der Waals surface area (Å²) in [4.78, 5) is 17.7. The maximum Gasteiger partial charge on any atom is 0.204 e. The van der Waals surface area contributed by atoms with Crippen molar-refractivity contribution in [1.82, 2.24) is 30.0 Å². The number of benzene rings is 1. The van der Waals surface area contributed by atoms with Crippen LogP contribution < -0.4 is 15.0 Å². The molecular formula is C25H36N8O3S2. The van der Waals surface area contributed by atoms with Gasteiger partial charge in [-0.1, -0.05) is 6.92 Å². The number of hydrogen-bond donors (Lipinski definition) is 2. The van der Waals surface area contributed by atoms with Crippen LogP contribution in [0.15, 0.2) is 45.3 Å². The molecule has 0 saturated carbocycles. The van der Waals surface area contributed by atoms with Gasteiger partial charge in [-0.05, 0) is 57.0 Å². The van der Waals surface area contributed by atoms with E-state index in [1.54, 1.807) is 38.3 Å². The van der Waals surface area contributed by atoms with E-state index in [-0.39, 0.29) is 5.75 Å². The Labute approximate surface area is 228 Å². The van der Waals surface area contributed by atoms with E-state index in [0.29, 0.717) is 27.4 Å². The highest BCUT2D eigenvalue weighted by Gasteiger charge is 2.25. The normalized spacial score (nSPS) is 14.7. The Balaban J connectivity index is 1.62. The lowest BCUT2D eigenvalue weighted by atomic mass is 10.3. The van der Waals surface area contributed by atoms with Crippen LogP contribution in [0.25, 0.3) is 0 Å². The molecule has 0 radical (unpaired) electrons. The average Bonchev–Trinajstić information content (AvgIpc) is 3.32. The number of aryl methyl sites for hydroxylation is 1. The second kappa shape index (κ2) is 12.3. The highest BCUT2D eigenvalue weighted by atomic mass is 32.2. The standard InChI is InChI=1S/C25H36N8O3S2/c1-6-38(34,35)20-9-7-19(8-10-20)37-25-27-23(26-21-17-18(2)29-30-21)22(36-5)24(28-25)33-15-13-32(14-16-33)12-11-31(3)4/h7-10,17H,6,11-16H2,1-5H3,(H2,26,27,28,29,30). The van der Waals surface area contributed by atoms with Gasteiger partial charge in [-0.15, -0.1) is 0 Å². The van der Waals surface area contributed by atoms with E-state index in [9.17, 15) is 8.42 Å². The predicted molar refractivity (Wildman–Crippen MR) is 151 cm³/mol. The molecule has 0 aliphatic carbocycles. The first-order valence-electron chi connectivity index (χ1n) is 12.6. The van der Waals surface area contributed by atoms with Gasteiger partial charge in [-0.3, -0.25) is 10.00 Å². The molecule has 0 amide bonds. The number of rotatable bonds is 11. The van der Waals surface area contributed by atoms with Gasteiger partial charge in [0.25, 0.3) is 0 Å². The number of nitrogens with zero attached hydrogens (tertiary/aromatic N) is 6. The lowest BCUT2D eigenvalue weighted by molar-refractivity contribution is 0.228. The van der Waals surface area contributed by atoms with Crippen LogP contribution in [0.4, 0.5) is 17.5 Å². The monoisotopic (exact) mass is 560 g/mol.